The van der Waals surface area contributed by atoms with Gasteiger partial charge in [-0.1, -0.05) is 12.1 Å². The van der Waals surface area contributed by atoms with Gasteiger partial charge in [0, 0.05) is 25.3 Å². The summed E-state index contributed by atoms with van der Waals surface area (Å²) >= 11 is 0. The number of aliphatic imine (C=N–C) groups is 1. The molecule has 9 heteroatoms. The summed E-state index contributed by atoms with van der Waals surface area (Å²) in [6.45, 7) is 0.479. The highest BCUT2D eigenvalue weighted by molar-refractivity contribution is 7.89. The maximum absolute atomic E-state index is 11.8. The van der Waals surface area contributed by atoms with Gasteiger partial charge in [0.05, 0.1) is 19.1 Å². The van der Waals surface area contributed by atoms with Crippen LogP contribution in [0.4, 0.5) is 5.69 Å². The number of guanidine groups is 1. The van der Waals surface area contributed by atoms with Gasteiger partial charge in [-0.25, -0.2) is 13.1 Å². The molecule has 0 unspecified atom stereocenters. The molecule has 0 radical (unpaired) electrons. The minimum Gasteiger partial charge on any atom is -0.493 e. The van der Waals surface area contributed by atoms with Crippen molar-refractivity contribution < 1.29 is 17.9 Å². The standard InChI is InChI=1S/C18H24N4O4S/c1-19-18(22-14-7-10-16(25-3)17(11-14)26-4)21-12-13-5-8-15(9-6-13)27(23,24)20-2/h5-11,20H,12H2,1-4H3,(H2,19,21,22). The molecule has 2 aromatic carbocycles. The van der Waals surface area contributed by atoms with Gasteiger partial charge >= 0.3 is 0 Å². The van der Waals surface area contributed by atoms with Crippen LogP contribution < -0.4 is 24.8 Å². The minimum atomic E-state index is -3.43. The fourth-order valence-electron chi connectivity index (χ4n) is 2.32. The largest absolute Gasteiger partial charge is 0.493 e. The molecule has 0 saturated heterocycles. The molecule has 0 aromatic heterocycles. The molecule has 3 N–H and O–H groups in total. The molecule has 0 amide bonds. The van der Waals surface area contributed by atoms with Gasteiger partial charge in [-0.05, 0) is 36.9 Å². The number of hydrogen-bond donors (Lipinski definition) is 3. The third kappa shape index (κ3) is 5.35. The first kappa shape index (κ1) is 20.5. The third-order valence-electron chi connectivity index (χ3n) is 3.83. The molecular weight excluding hydrogens is 368 g/mol. The van der Waals surface area contributed by atoms with Crippen LogP contribution in [0.1, 0.15) is 5.56 Å². The fraction of sp³-hybridized carbons (Fsp3) is 0.278. The van der Waals surface area contributed by atoms with E-state index >= 15 is 0 Å². The van der Waals surface area contributed by atoms with Crippen LogP contribution >= 0.6 is 0 Å². The lowest BCUT2D eigenvalue weighted by Gasteiger charge is -2.14. The molecule has 27 heavy (non-hydrogen) atoms. The summed E-state index contributed by atoms with van der Waals surface area (Å²) in [6.07, 6.45) is 0. The number of rotatable bonds is 7. The lowest BCUT2D eigenvalue weighted by molar-refractivity contribution is 0.355. The highest BCUT2D eigenvalue weighted by atomic mass is 32.2. The highest BCUT2D eigenvalue weighted by Crippen LogP contribution is 2.29. The van der Waals surface area contributed by atoms with Crippen LogP contribution in [0.15, 0.2) is 52.4 Å². The molecule has 0 heterocycles. The average Bonchev–Trinajstić information content (AvgIpc) is 2.71. The summed E-state index contributed by atoms with van der Waals surface area (Å²) in [6, 6.07) is 12.1. The maximum atomic E-state index is 11.8. The fourth-order valence-corrected chi connectivity index (χ4v) is 3.05. The molecule has 0 aliphatic heterocycles. The average molecular weight is 392 g/mol. The second-order valence-corrected chi connectivity index (χ2v) is 7.36. The molecule has 0 saturated carbocycles. The summed E-state index contributed by atoms with van der Waals surface area (Å²) in [5.41, 5.74) is 1.71. The monoisotopic (exact) mass is 392 g/mol. The van der Waals surface area contributed by atoms with E-state index < -0.39 is 10.0 Å². The number of nitrogens with zero attached hydrogens (tertiary/aromatic N) is 1. The van der Waals surface area contributed by atoms with E-state index in [0.717, 1.165) is 11.3 Å². The van der Waals surface area contributed by atoms with Crippen LogP contribution in [-0.4, -0.2) is 42.7 Å². The molecule has 0 atom stereocenters. The maximum Gasteiger partial charge on any atom is 0.240 e. The Labute approximate surface area is 159 Å². The Balaban J connectivity index is 2.02. The Hall–Kier alpha value is -2.78. The van der Waals surface area contributed by atoms with Gasteiger partial charge in [0.2, 0.25) is 10.0 Å². The lowest BCUT2D eigenvalue weighted by atomic mass is 10.2. The van der Waals surface area contributed by atoms with Gasteiger partial charge in [0.25, 0.3) is 0 Å². The zero-order chi connectivity index (χ0) is 19.9. The number of benzene rings is 2. The van der Waals surface area contributed by atoms with Gasteiger partial charge in [0.1, 0.15) is 0 Å². The van der Waals surface area contributed by atoms with Crippen LogP contribution in [0.5, 0.6) is 11.5 Å². The Morgan fingerprint density at radius 2 is 1.70 bits per heavy atom. The smallest absolute Gasteiger partial charge is 0.240 e. The van der Waals surface area contributed by atoms with Crippen molar-refractivity contribution in [3.8, 4) is 11.5 Å². The molecule has 0 bridgehead atoms. The first-order valence-corrected chi connectivity index (χ1v) is 9.64. The third-order valence-corrected chi connectivity index (χ3v) is 5.26. The predicted octanol–water partition coefficient (Wildman–Crippen LogP) is 1.80. The number of nitrogens with one attached hydrogen (secondary N) is 3. The van der Waals surface area contributed by atoms with Crippen molar-refractivity contribution in [2.24, 2.45) is 4.99 Å². The van der Waals surface area contributed by atoms with E-state index in [4.69, 9.17) is 9.47 Å². The van der Waals surface area contributed by atoms with Crippen LogP contribution in [0.2, 0.25) is 0 Å². The molecule has 0 aliphatic rings. The lowest BCUT2D eigenvalue weighted by Crippen LogP contribution is -2.30. The summed E-state index contributed by atoms with van der Waals surface area (Å²) in [5.74, 6) is 1.82. The zero-order valence-electron chi connectivity index (χ0n) is 15.7. The van der Waals surface area contributed by atoms with E-state index in [1.165, 1.54) is 7.05 Å². The molecule has 146 valence electrons. The second-order valence-electron chi connectivity index (χ2n) is 5.47. The summed E-state index contributed by atoms with van der Waals surface area (Å²) in [7, 11) is 2.77. The van der Waals surface area contributed by atoms with Gasteiger partial charge in [-0.15, -0.1) is 0 Å². The topological polar surface area (TPSA) is 101 Å². The highest BCUT2D eigenvalue weighted by Gasteiger charge is 2.10. The van der Waals surface area contributed by atoms with Crippen LogP contribution in [0.25, 0.3) is 0 Å². The predicted molar refractivity (Wildman–Crippen MR) is 106 cm³/mol. The van der Waals surface area contributed by atoms with E-state index in [0.29, 0.717) is 24.0 Å². The normalized spacial score (nSPS) is 11.8. The van der Waals surface area contributed by atoms with Crippen LogP contribution in [-0.2, 0) is 16.6 Å². The molecule has 0 aliphatic carbocycles. The van der Waals surface area contributed by atoms with Gasteiger partial charge in [-0.2, -0.15) is 0 Å². The number of sulfonamides is 1. The summed E-state index contributed by atoms with van der Waals surface area (Å²) in [5, 5.41) is 6.34. The van der Waals surface area contributed by atoms with Crippen molar-refractivity contribution in [1.29, 1.82) is 0 Å². The molecular formula is C18H24N4O4S. The van der Waals surface area contributed by atoms with Crippen molar-refractivity contribution >= 4 is 21.7 Å². The van der Waals surface area contributed by atoms with Crippen molar-refractivity contribution in [3.63, 3.8) is 0 Å². The molecule has 2 rings (SSSR count). The van der Waals surface area contributed by atoms with Crippen LogP contribution in [0.3, 0.4) is 0 Å². The Bertz CT molecular complexity index is 896. The van der Waals surface area contributed by atoms with Crippen molar-refractivity contribution in [2.75, 3.05) is 33.6 Å². The number of hydrogen-bond acceptors (Lipinski definition) is 5. The molecule has 0 spiro atoms. The summed E-state index contributed by atoms with van der Waals surface area (Å²) in [4.78, 5) is 4.41. The SMILES string of the molecule is CN=C(NCc1ccc(S(=O)(=O)NC)cc1)Nc1ccc(OC)c(OC)c1. The Kier molecular flexibility index (Phi) is 7.03. The first-order valence-electron chi connectivity index (χ1n) is 8.15. The molecule has 2 aromatic rings. The van der Waals surface area contributed by atoms with Gasteiger partial charge < -0.3 is 20.1 Å². The zero-order valence-corrected chi connectivity index (χ0v) is 16.6. The van der Waals surface area contributed by atoms with Crippen LogP contribution in [0, 0.1) is 0 Å². The van der Waals surface area contributed by atoms with E-state index in [9.17, 15) is 8.42 Å². The van der Waals surface area contributed by atoms with E-state index in [2.05, 4.69) is 20.3 Å². The Morgan fingerprint density at radius 1 is 1.04 bits per heavy atom. The molecule has 8 nitrogen and oxygen atoms in total. The number of methoxy groups -OCH3 is 2. The van der Waals surface area contributed by atoms with Crippen molar-refractivity contribution in [3.05, 3.63) is 48.0 Å². The summed E-state index contributed by atoms with van der Waals surface area (Å²) < 4.78 is 36.3. The van der Waals surface area contributed by atoms with E-state index in [1.54, 1.807) is 51.6 Å². The quantitative estimate of drug-likeness (QED) is 0.491. The second kappa shape index (κ2) is 9.24. The number of ether oxygens (including phenoxy) is 2. The van der Waals surface area contributed by atoms with Gasteiger partial charge in [0.15, 0.2) is 17.5 Å². The molecule has 0 fully saturated rings. The van der Waals surface area contributed by atoms with E-state index in [-0.39, 0.29) is 4.90 Å². The van der Waals surface area contributed by atoms with E-state index in [1.807, 2.05) is 12.1 Å². The van der Waals surface area contributed by atoms with Gasteiger partial charge in [-0.3, -0.25) is 4.99 Å². The Morgan fingerprint density at radius 3 is 2.26 bits per heavy atom. The van der Waals surface area contributed by atoms with Crippen molar-refractivity contribution in [1.82, 2.24) is 10.0 Å². The van der Waals surface area contributed by atoms with Crippen molar-refractivity contribution in [2.45, 2.75) is 11.4 Å². The minimum absolute atomic E-state index is 0.224. The first-order chi connectivity index (χ1) is 12.9. The number of anilines is 1.